The molecule has 0 unspecified atom stereocenters. The molecule has 0 saturated carbocycles. The molecule has 8 heteroatoms. The second-order valence-corrected chi connectivity index (χ2v) is 9.50. The van der Waals surface area contributed by atoms with Gasteiger partial charge in [-0.15, -0.1) is 11.8 Å². The zero-order valence-corrected chi connectivity index (χ0v) is 19.4. The van der Waals surface area contributed by atoms with Crippen LogP contribution in [-0.4, -0.2) is 24.7 Å². The highest BCUT2D eigenvalue weighted by molar-refractivity contribution is 8.02. The molecule has 2 aliphatic heterocycles. The van der Waals surface area contributed by atoms with E-state index >= 15 is 0 Å². The number of nitrogens with zero attached hydrogens (tertiary/aromatic N) is 2. The molecule has 1 saturated heterocycles. The van der Waals surface area contributed by atoms with Gasteiger partial charge < -0.3 is 9.64 Å². The van der Waals surface area contributed by atoms with Crippen molar-refractivity contribution < 1.29 is 14.3 Å². The lowest BCUT2D eigenvalue weighted by Crippen LogP contribution is -2.49. The lowest BCUT2D eigenvalue weighted by Gasteiger charge is -2.33. The van der Waals surface area contributed by atoms with Crippen LogP contribution >= 0.6 is 35.0 Å². The maximum atomic E-state index is 14.0. The van der Waals surface area contributed by atoms with Crippen LogP contribution in [0, 0.1) is 0 Å². The van der Waals surface area contributed by atoms with Crippen LogP contribution in [0.25, 0.3) is 0 Å². The molecule has 1 fully saturated rings. The summed E-state index contributed by atoms with van der Waals surface area (Å²) in [5.74, 6) is 0.629. The number of anilines is 2. The quantitative estimate of drug-likeness (QED) is 0.491. The van der Waals surface area contributed by atoms with E-state index in [2.05, 4.69) is 0 Å². The van der Waals surface area contributed by atoms with E-state index in [0.29, 0.717) is 28.0 Å². The number of carbonyl (C=O) groups is 2. The summed E-state index contributed by atoms with van der Waals surface area (Å²) in [6.45, 7) is 0.319. The number of hydrogen-bond donors (Lipinski definition) is 0. The predicted molar refractivity (Wildman–Crippen MR) is 129 cm³/mol. The Hall–Kier alpha value is -2.67. The first-order valence-corrected chi connectivity index (χ1v) is 11.7. The number of halogens is 2. The van der Waals surface area contributed by atoms with E-state index in [1.54, 1.807) is 41.2 Å². The van der Waals surface area contributed by atoms with Crippen molar-refractivity contribution >= 4 is 58.2 Å². The number of hydrogen-bond acceptors (Lipinski definition) is 4. The molecular weight excluding hydrogens is 467 g/mol. The maximum absolute atomic E-state index is 14.0. The third-order valence-electron chi connectivity index (χ3n) is 5.72. The maximum Gasteiger partial charge on any atom is 0.269 e. The number of carbonyl (C=O) groups excluding carboxylic acids is 2. The van der Waals surface area contributed by atoms with Crippen molar-refractivity contribution in [3.8, 4) is 5.75 Å². The third-order valence-corrected chi connectivity index (χ3v) is 7.84. The number of fused-ring (bicyclic) bond motifs is 2. The highest BCUT2D eigenvalue weighted by Gasteiger charge is 2.60. The van der Waals surface area contributed by atoms with Gasteiger partial charge in [0.1, 0.15) is 5.75 Å². The van der Waals surface area contributed by atoms with Gasteiger partial charge in [0.25, 0.3) is 5.91 Å². The highest BCUT2D eigenvalue weighted by Crippen LogP contribution is 2.56. The average molecular weight is 485 g/mol. The van der Waals surface area contributed by atoms with E-state index in [9.17, 15) is 9.59 Å². The molecule has 162 valence electrons. The van der Waals surface area contributed by atoms with E-state index in [-0.39, 0.29) is 17.6 Å². The van der Waals surface area contributed by atoms with Crippen LogP contribution in [0.2, 0.25) is 10.0 Å². The van der Waals surface area contributed by atoms with Crippen LogP contribution in [-0.2, 0) is 21.0 Å². The van der Waals surface area contributed by atoms with E-state index in [1.807, 2.05) is 42.5 Å². The summed E-state index contributed by atoms with van der Waals surface area (Å²) >= 11 is 13.6. The first-order chi connectivity index (χ1) is 15.5. The number of benzene rings is 3. The number of rotatable bonds is 4. The Morgan fingerprint density at radius 2 is 1.75 bits per heavy atom. The first kappa shape index (κ1) is 21.2. The first-order valence-electron chi connectivity index (χ1n) is 9.92. The van der Waals surface area contributed by atoms with Crippen molar-refractivity contribution in [3.05, 3.63) is 87.9 Å². The van der Waals surface area contributed by atoms with Gasteiger partial charge in [0, 0.05) is 11.3 Å². The second kappa shape index (κ2) is 8.03. The zero-order valence-electron chi connectivity index (χ0n) is 17.0. The molecule has 2 amide bonds. The monoisotopic (exact) mass is 484 g/mol. The summed E-state index contributed by atoms with van der Waals surface area (Å²) in [7, 11) is 1.59. The van der Waals surface area contributed by atoms with Gasteiger partial charge in [0.05, 0.1) is 35.1 Å². The number of thioether (sulfide) groups is 1. The Kier molecular flexibility index (Phi) is 5.32. The fourth-order valence-corrected chi connectivity index (χ4v) is 5.94. The van der Waals surface area contributed by atoms with Crippen LogP contribution < -0.4 is 14.5 Å². The average Bonchev–Trinajstić information content (AvgIpc) is 3.27. The summed E-state index contributed by atoms with van der Waals surface area (Å²) in [6, 6.07) is 20.2. The lowest BCUT2D eigenvalue weighted by atomic mass is 10.0. The van der Waals surface area contributed by atoms with Crippen molar-refractivity contribution in [3.63, 3.8) is 0 Å². The molecule has 3 aromatic carbocycles. The standard InChI is InChI=1S/C24H18Cl2N2O3S/c1-31-17-9-7-16(8-10-17)28-22(29)14-32-24(28)18-4-2-3-5-21(18)27(23(24)30)13-15-6-11-19(25)20(26)12-15/h2-12H,13-14H2,1H3/t24-/m1/s1. The van der Waals surface area contributed by atoms with E-state index in [1.165, 1.54) is 11.8 Å². The molecule has 5 rings (SSSR count). The minimum Gasteiger partial charge on any atom is -0.497 e. The van der Waals surface area contributed by atoms with Crippen molar-refractivity contribution in [1.29, 1.82) is 0 Å². The summed E-state index contributed by atoms with van der Waals surface area (Å²) in [6.07, 6.45) is 0. The molecule has 32 heavy (non-hydrogen) atoms. The number of para-hydroxylation sites is 1. The minimum atomic E-state index is -1.15. The van der Waals surface area contributed by atoms with Crippen molar-refractivity contribution in [2.24, 2.45) is 0 Å². The van der Waals surface area contributed by atoms with Gasteiger partial charge in [0.15, 0.2) is 0 Å². The fraction of sp³-hybridized carbons (Fsp3) is 0.167. The van der Waals surface area contributed by atoms with Crippen LogP contribution in [0.3, 0.4) is 0 Å². The van der Waals surface area contributed by atoms with Gasteiger partial charge in [0.2, 0.25) is 10.8 Å². The molecule has 5 nitrogen and oxygen atoms in total. The smallest absolute Gasteiger partial charge is 0.269 e. The van der Waals surface area contributed by atoms with Crippen LogP contribution in [0.1, 0.15) is 11.1 Å². The lowest BCUT2D eigenvalue weighted by molar-refractivity contribution is -0.123. The zero-order chi connectivity index (χ0) is 22.5. The summed E-state index contributed by atoms with van der Waals surface area (Å²) < 4.78 is 5.25. The third kappa shape index (κ3) is 3.17. The van der Waals surface area contributed by atoms with Gasteiger partial charge in [-0.1, -0.05) is 47.5 Å². The number of amides is 2. The van der Waals surface area contributed by atoms with E-state index in [0.717, 1.165) is 16.8 Å². The SMILES string of the molecule is COc1ccc(N2C(=O)CS[C@]23C(=O)N(Cc2ccc(Cl)c(Cl)c2)c2ccccc23)cc1. The molecule has 2 aliphatic rings. The fourth-order valence-electron chi connectivity index (χ4n) is 4.26. The number of ether oxygens (including phenoxy) is 1. The molecule has 0 aliphatic carbocycles. The predicted octanol–water partition coefficient (Wildman–Crippen LogP) is 5.48. The summed E-state index contributed by atoms with van der Waals surface area (Å²) in [5, 5.41) is 0.895. The molecule has 0 bridgehead atoms. The van der Waals surface area contributed by atoms with Gasteiger partial charge >= 0.3 is 0 Å². The molecular formula is C24H18Cl2N2O3S. The second-order valence-electron chi connectivity index (χ2n) is 7.52. The van der Waals surface area contributed by atoms with Crippen LogP contribution in [0.4, 0.5) is 11.4 Å². The Balaban J connectivity index is 1.61. The van der Waals surface area contributed by atoms with Crippen LogP contribution in [0.5, 0.6) is 5.75 Å². The molecule has 0 radical (unpaired) electrons. The van der Waals surface area contributed by atoms with Gasteiger partial charge in [-0.3, -0.25) is 14.5 Å². The van der Waals surface area contributed by atoms with E-state index < -0.39 is 4.87 Å². The summed E-state index contributed by atoms with van der Waals surface area (Å²) in [5.41, 5.74) is 3.09. The molecule has 3 aromatic rings. The molecule has 1 spiro atoms. The van der Waals surface area contributed by atoms with Crippen molar-refractivity contribution in [2.45, 2.75) is 11.4 Å². The Morgan fingerprint density at radius 1 is 1.00 bits per heavy atom. The van der Waals surface area contributed by atoms with Crippen LogP contribution in [0.15, 0.2) is 66.7 Å². The topological polar surface area (TPSA) is 49.9 Å². The van der Waals surface area contributed by atoms with E-state index in [4.69, 9.17) is 27.9 Å². The largest absolute Gasteiger partial charge is 0.497 e. The van der Waals surface area contributed by atoms with Crippen molar-refractivity contribution in [1.82, 2.24) is 0 Å². The molecule has 0 N–H and O–H groups in total. The minimum absolute atomic E-state index is 0.111. The van der Waals surface area contributed by atoms with Gasteiger partial charge in [-0.05, 0) is 48.0 Å². The van der Waals surface area contributed by atoms with Gasteiger partial charge in [-0.25, -0.2) is 0 Å². The highest BCUT2D eigenvalue weighted by atomic mass is 35.5. The Labute approximate surface area is 199 Å². The molecule has 2 heterocycles. The Morgan fingerprint density at radius 3 is 2.47 bits per heavy atom. The van der Waals surface area contributed by atoms with Gasteiger partial charge in [-0.2, -0.15) is 0 Å². The molecule has 0 aromatic heterocycles. The Bertz CT molecular complexity index is 1230. The number of methoxy groups -OCH3 is 1. The normalized spacial score (nSPS) is 19.7. The summed E-state index contributed by atoms with van der Waals surface area (Å²) in [4.78, 5) is 29.3. The van der Waals surface area contributed by atoms with Crippen molar-refractivity contribution in [2.75, 3.05) is 22.7 Å². The molecule has 1 atom stereocenters.